The van der Waals surface area contributed by atoms with Gasteiger partial charge < -0.3 is 10.6 Å². The van der Waals surface area contributed by atoms with Crippen LogP contribution in [0, 0.1) is 5.82 Å². The van der Waals surface area contributed by atoms with Gasteiger partial charge >= 0.3 is 0 Å². The predicted octanol–water partition coefficient (Wildman–Crippen LogP) is 2.34. The van der Waals surface area contributed by atoms with Crippen LogP contribution in [0.3, 0.4) is 0 Å². The summed E-state index contributed by atoms with van der Waals surface area (Å²) in [6, 6.07) is 4.97. The Hall–Kier alpha value is -0.940. The molecule has 1 aromatic rings. The second-order valence-corrected chi connectivity index (χ2v) is 5.39. The molecule has 1 atom stereocenters. The van der Waals surface area contributed by atoms with E-state index in [4.69, 9.17) is 0 Å². The molecule has 0 aromatic heterocycles. The lowest BCUT2D eigenvalue weighted by molar-refractivity contribution is -0.122. The van der Waals surface area contributed by atoms with E-state index in [1.807, 2.05) is 13.0 Å². The Balaban J connectivity index is 1.86. The molecule has 2 rings (SSSR count). The molecule has 1 fully saturated rings. The van der Waals surface area contributed by atoms with Crippen LogP contribution < -0.4 is 10.6 Å². The number of hydrogen-bond acceptors (Lipinski definition) is 2. The molecule has 0 spiro atoms. The summed E-state index contributed by atoms with van der Waals surface area (Å²) in [5.41, 5.74) is 0.807. The van der Waals surface area contributed by atoms with Crippen LogP contribution in [0.2, 0.25) is 0 Å². The van der Waals surface area contributed by atoms with Crippen molar-refractivity contribution < 1.29 is 9.18 Å². The highest BCUT2D eigenvalue weighted by atomic mass is 79.9. The van der Waals surface area contributed by atoms with E-state index >= 15 is 0 Å². The molecule has 3 nitrogen and oxygen atoms in total. The molecule has 0 saturated heterocycles. The average molecular weight is 315 g/mol. The molecule has 0 radical (unpaired) electrons. The van der Waals surface area contributed by atoms with Gasteiger partial charge in [0.15, 0.2) is 0 Å². The molecule has 0 aliphatic heterocycles. The maximum absolute atomic E-state index is 13.3. The number of nitrogens with one attached hydrogen (secondary N) is 2. The minimum absolute atomic E-state index is 0.00465. The van der Waals surface area contributed by atoms with Crippen LogP contribution in [0.5, 0.6) is 0 Å². The largest absolute Gasteiger partial charge is 0.352 e. The van der Waals surface area contributed by atoms with Gasteiger partial charge in [-0.2, -0.15) is 0 Å². The van der Waals surface area contributed by atoms with E-state index in [1.54, 1.807) is 6.07 Å². The molecule has 1 amide bonds. The molecule has 2 N–H and O–H groups in total. The van der Waals surface area contributed by atoms with Crippen molar-refractivity contribution >= 4 is 21.8 Å². The van der Waals surface area contributed by atoms with E-state index in [1.165, 1.54) is 6.07 Å². The molecule has 1 aliphatic carbocycles. The van der Waals surface area contributed by atoms with Crippen LogP contribution in [0.15, 0.2) is 22.7 Å². The van der Waals surface area contributed by atoms with Gasteiger partial charge in [0.1, 0.15) is 5.82 Å². The van der Waals surface area contributed by atoms with Crippen molar-refractivity contribution in [1.82, 2.24) is 10.6 Å². The fraction of sp³-hybridized carbons (Fsp3) is 0.462. The molecule has 1 aliphatic rings. The zero-order chi connectivity index (χ0) is 13.1. The van der Waals surface area contributed by atoms with E-state index < -0.39 is 0 Å². The molecular formula is C13H16BrFN2O. The number of hydrogen-bond donors (Lipinski definition) is 2. The first-order valence-corrected chi connectivity index (χ1v) is 6.84. The van der Waals surface area contributed by atoms with Crippen LogP contribution in [-0.4, -0.2) is 18.0 Å². The maximum atomic E-state index is 13.3. The Labute approximate surface area is 114 Å². The lowest BCUT2D eigenvalue weighted by Crippen LogP contribution is -2.42. The first-order valence-electron chi connectivity index (χ1n) is 6.04. The van der Waals surface area contributed by atoms with Crippen molar-refractivity contribution in [3.8, 4) is 0 Å². The summed E-state index contributed by atoms with van der Waals surface area (Å²) < 4.78 is 13.7. The highest BCUT2D eigenvalue weighted by molar-refractivity contribution is 9.10. The third-order valence-electron chi connectivity index (χ3n) is 2.95. The lowest BCUT2D eigenvalue weighted by atomic mass is 10.2. The number of rotatable bonds is 5. The molecule has 1 saturated carbocycles. The van der Waals surface area contributed by atoms with Gasteiger partial charge in [-0.05, 0) is 47.3 Å². The first kappa shape index (κ1) is 13.5. The fourth-order valence-electron chi connectivity index (χ4n) is 1.59. The summed E-state index contributed by atoms with van der Waals surface area (Å²) in [5, 5.41) is 6.02. The Morgan fingerprint density at radius 3 is 2.94 bits per heavy atom. The quantitative estimate of drug-likeness (QED) is 0.876. The summed E-state index contributed by atoms with van der Waals surface area (Å²) in [6.45, 7) is 2.27. The molecule has 1 aromatic carbocycles. The Morgan fingerprint density at radius 2 is 2.28 bits per heavy atom. The van der Waals surface area contributed by atoms with Gasteiger partial charge in [0.2, 0.25) is 5.91 Å². The molecule has 18 heavy (non-hydrogen) atoms. The van der Waals surface area contributed by atoms with Gasteiger partial charge in [0.25, 0.3) is 0 Å². The lowest BCUT2D eigenvalue weighted by Gasteiger charge is -2.14. The summed E-state index contributed by atoms with van der Waals surface area (Å²) >= 11 is 3.20. The van der Waals surface area contributed by atoms with Crippen molar-refractivity contribution in [2.75, 3.05) is 0 Å². The van der Waals surface area contributed by atoms with Gasteiger partial charge in [-0.3, -0.25) is 4.79 Å². The van der Waals surface area contributed by atoms with E-state index in [0.29, 0.717) is 17.1 Å². The molecule has 0 bridgehead atoms. The normalized spacial score (nSPS) is 16.4. The summed E-state index contributed by atoms with van der Waals surface area (Å²) in [4.78, 5) is 11.7. The Kier molecular flexibility index (Phi) is 4.35. The van der Waals surface area contributed by atoms with E-state index in [0.717, 1.165) is 18.4 Å². The minimum atomic E-state index is -0.288. The van der Waals surface area contributed by atoms with Crippen LogP contribution in [-0.2, 0) is 11.3 Å². The number of amides is 1. The smallest absolute Gasteiger partial charge is 0.237 e. The van der Waals surface area contributed by atoms with Crippen LogP contribution in [0.1, 0.15) is 25.3 Å². The number of benzene rings is 1. The minimum Gasteiger partial charge on any atom is -0.352 e. The fourth-order valence-corrected chi connectivity index (χ4v) is 2.00. The maximum Gasteiger partial charge on any atom is 0.237 e. The number of carbonyl (C=O) groups excluding carboxylic acids is 1. The Bertz CT molecular complexity index is 449. The van der Waals surface area contributed by atoms with Gasteiger partial charge in [0.05, 0.1) is 10.5 Å². The van der Waals surface area contributed by atoms with Crippen LogP contribution >= 0.6 is 15.9 Å². The third-order valence-corrected chi connectivity index (χ3v) is 3.84. The van der Waals surface area contributed by atoms with Gasteiger partial charge in [0, 0.05) is 12.6 Å². The molecule has 0 heterocycles. The van der Waals surface area contributed by atoms with Crippen molar-refractivity contribution in [1.29, 1.82) is 0 Å². The summed E-state index contributed by atoms with van der Waals surface area (Å²) in [6.07, 6.45) is 2.15. The third kappa shape index (κ3) is 3.53. The van der Waals surface area contributed by atoms with Crippen molar-refractivity contribution in [2.24, 2.45) is 0 Å². The van der Waals surface area contributed by atoms with Crippen LogP contribution in [0.4, 0.5) is 4.39 Å². The van der Waals surface area contributed by atoms with Crippen LogP contribution in [0.25, 0.3) is 0 Å². The summed E-state index contributed by atoms with van der Waals surface area (Å²) in [7, 11) is 0. The Morgan fingerprint density at radius 1 is 1.56 bits per heavy atom. The highest BCUT2D eigenvalue weighted by Gasteiger charge is 2.25. The summed E-state index contributed by atoms with van der Waals surface area (Å²) in [5.74, 6) is -0.283. The number of halogens is 2. The van der Waals surface area contributed by atoms with E-state index in [-0.39, 0.29) is 17.8 Å². The molecular weight excluding hydrogens is 299 g/mol. The zero-order valence-electron chi connectivity index (χ0n) is 10.2. The molecule has 5 heteroatoms. The average Bonchev–Trinajstić information content (AvgIpc) is 3.14. The van der Waals surface area contributed by atoms with Gasteiger partial charge in [-0.1, -0.05) is 12.1 Å². The second-order valence-electron chi connectivity index (χ2n) is 4.60. The monoisotopic (exact) mass is 314 g/mol. The van der Waals surface area contributed by atoms with Crippen molar-refractivity contribution in [2.45, 2.75) is 38.4 Å². The molecule has 98 valence electrons. The van der Waals surface area contributed by atoms with Crippen molar-refractivity contribution in [3.05, 3.63) is 34.1 Å². The second kappa shape index (κ2) is 5.80. The molecule has 1 unspecified atom stereocenters. The van der Waals surface area contributed by atoms with E-state index in [9.17, 15) is 9.18 Å². The number of carbonyl (C=O) groups is 1. The van der Waals surface area contributed by atoms with E-state index in [2.05, 4.69) is 26.6 Å². The first-order chi connectivity index (χ1) is 8.58. The zero-order valence-corrected chi connectivity index (χ0v) is 11.8. The van der Waals surface area contributed by atoms with Crippen molar-refractivity contribution in [3.63, 3.8) is 0 Å². The highest BCUT2D eigenvalue weighted by Crippen LogP contribution is 2.20. The SMILES string of the molecule is CC(NCc1cccc(F)c1Br)C(=O)NC1CC1. The van der Waals surface area contributed by atoms with Gasteiger partial charge in [-0.15, -0.1) is 0 Å². The van der Waals surface area contributed by atoms with Gasteiger partial charge in [-0.25, -0.2) is 4.39 Å². The standard InChI is InChI=1S/C13H16BrFN2O/c1-8(13(18)17-10-5-6-10)16-7-9-3-2-4-11(15)12(9)14/h2-4,8,10,16H,5-7H2,1H3,(H,17,18). The predicted molar refractivity (Wildman–Crippen MR) is 71.6 cm³/mol. The topological polar surface area (TPSA) is 41.1 Å².